The predicted octanol–water partition coefficient (Wildman–Crippen LogP) is 0.0489. The van der Waals surface area contributed by atoms with Gasteiger partial charge in [0.15, 0.2) is 5.82 Å². The average molecular weight is 257 g/mol. The van der Waals surface area contributed by atoms with Gasteiger partial charge in [0.05, 0.1) is 13.2 Å². The molecule has 0 aliphatic heterocycles. The quantitative estimate of drug-likeness (QED) is 0.771. The largest absolute Gasteiger partial charge is 0.464 e. The highest BCUT2D eigenvalue weighted by molar-refractivity contribution is 6.28. The van der Waals surface area contributed by atoms with Gasteiger partial charge in [0.25, 0.3) is 0 Å². The van der Waals surface area contributed by atoms with E-state index in [1.165, 1.54) is 0 Å². The summed E-state index contributed by atoms with van der Waals surface area (Å²) in [5.74, 6) is 0.776. The summed E-state index contributed by atoms with van der Waals surface area (Å²) in [4.78, 5) is 11.7. The van der Waals surface area contributed by atoms with Crippen LogP contribution >= 0.6 is 11.6 Å². The molecule has 0 atom stereocenters. The molecule has 0 amide bonds. The van der Waals surface area contributed by atoms with Crippen LogP contribution in [0.2, 0.25) is 5.28 Å². The lowest BCUT2D eigenvalue weighted by atomic mass is 10.6. The van der Waals surface area contributed by atoms with Gasteiger partial charge in [-0.2, -0.15) is 20.2 Å². The summed E-state index contributed by atoms with van der Waals surface area (Å²) in [6.45, 7) is 2.59. The molecule has 10 heteroatoms. The van der Waals surface area contributed by atoms with Gasteiger partial charge in [0.2, 0.25) is 11.2 Å². The molecule has 0 aliphatic rings. The van der Waals surface area contributed by atoms with Crippen molar-refractivity contribution < 1.29 is 4.74 Å². The number of aromatic amines is 1. The maximum absolute atomic E-state index is 5.71. The first-order chi connectivity index (χ1) is 8.28. The van der Waals surface area contributed by atoms with Crippen LogP contribution in [0.1, 0.15) is 12.7 Å². The molecule has 2 heterocycles. The SMILES string of the molecule is CCOc1nc(Cl)nc(NCc2nn[nH]n2)n1. The highest BCUT2D eigenvalue weighted by atomic mass is 35.5. The molecule has 2 aromatic rings. The normalized spacial score (nSPS) is 10.2. The number of ether oxygens (including phenoxy) is 1. The number of hydrogen-bond acceptors (Lipinski definition) is 8. The zero-order chi connectivity index (χ0) is 12.1. The molecule has 9 nitrogen and oxygen atoms in total. The van der Waals surface area contributed by atoms with Crippen molar-refractivity contribution in [3.63, 3.8) is 0 Å². The fourth-order valence-corrected chi connectivity index (χ4v) is 1.17. The summed E-state index contributed by atoms with van der Waals surface area (Å²) in [5.41, 5.74) is 0. The molecule has 0 saturated heterocycles. The molecule has 2 rings (SSSR count). The summed E-state index contributed by atoms with van der Waals surface area (Å²) in [6, 6.07) is 0.170. The third-order valence-corrected chi connectivity index (χ3v) is 1.82. The number of H-pyrrole nitrogens is 1. The first-order valence-corrected chi connectivity index (χ1v) is 5.16. The number of anilines is 1. The third-order valence-electron chi connectivity index (χ3n) is 1.65. The summed E-state index contributed by atoms with van der Waals surface area (Å²) < 4.78 is 5.13. The molecule has 0 bridgehead atoms. The lowest BCUT2D eigenvalue weighted by molar-refractivity contribution is 0.312. The van der Waals surface area contributed by atoms with Crippen LogP contribution in [0.25, 0.3) is 0 Å². The summed E-state index contributed by atoms with van der Waals surface area (Å²) in [5, 5.41) is 16.2. The number of halogens is 1. The number of rotatable bonds is 5. The van der Waals surface area contributed by atoms with Gasteiger partial charge in [-0.05, 0) is 18.5 Å². The van der Waals surface area contributed by atoms with E-state index in [1.54, 1.807) is 0 Å². The maximum Gasteiger partial charge on any atom is 0.322 e. The predicted molar refractivity (Wildman–Crippen MR) is 57.5 cm³/mol. The average Bonchev–Trinajstić information content (AvgIpc) is 2.79. The lowest BCUT2D eigenvalue weighted by Gasteiger charge is -2.04. The lowest BCUT2D eigenvalue weighted by Crippen LogP contribution is -2.08. The van der Waals surface area contributed by atoms with Crippen LogP contribution < -0.4 is 10.1 Å². The minimum atomic E-state index is 0.0547. The molecule has 2 N–H and O–H groups in total. The van der Waals surface area contributed by atoms with Crippen molar-refractivity contribution in [3.8, 4) is 6.01 Å². The minimum absolute atomic E-state index is 0.0547. The molecule has 0 spiro atoms. The van der Waals surface area contributed by atoms with Gasteiger partial charge in [-0.3, -0.25) is 0 Å². The van der Waals surface area contributed by atoms with Crippen molar-refractivity contribution in [1.29, 1.82) is 0 Å². The van der Waals surface area contributed by atoms with Gasteiger partial charge < -0.3 is 10.1 Å². The van der Waals surface area contributed by atoms with Gasteiger partial charge in [-0.15, -0.1) is 10.2 Å². The molecule has 0 radical (unpaired) electrons. The van der Waals surface area contributed by atoms with Crippen molar-refractivity contribution in [3.05, 3.63) is 11.1 Å². The molecule has 0 saturated carbocycles. The fraction of sp³-hybridized carbons (Fsp3) is 0.429. The number of hydrogen-bond donors (Lipinski definition) is 2. The molecule has 17 heavy (non-hydrogen) atoms. The van der Waals surface area contributed by atoms with Gasteiger partial charge in [0.1, 0.15) is 0 Å². The Labute approximate surface area is 101 Å². The van der Waals surface area contributed by atoms with E-state index in [4.69, 9.17) is 16.3 Å². The molecular weight excluding hydrogens is 248 g/mol. The number of tetrazole rings is 1. The Morgan fingerprint density at radius 3 is 2.94 bits per heavy atom. The minimum Gasteiger partial charge on any atom is -0.464 e. The monoisotopic (exact) mass is 256 g/mol. The van der Waals surface area contributed by atoms with Crippen molar-refractivity contribution >= 4 is 17.5 Å². The van der Waals surface area contributed by atoms with E-state index in [9.17, 15) is 0 Å². The summed E-state index contributed by atoms with van der Waals surface area (Å²) in [7, 11) is 0. The molecule has 0 aliphatic carbocycles. The molecule has 90 valence electrons. The van der Waals surface area contributed by atoms with Crippen LogP contribution in [0.5, 0.6) is 6.01 Å². The van der Waals surface area contributed by atoms with Gasteiger partial charge in [-0.1, -0.05) is 5.21 Å². The summed E-state index contributed by atoms with van der Waals surface area (Å²) >= 11 is 5.71. The Morgan fingerprint density at radius 1 is 1.35 bits per heavy atom. The van der Waals surface area contributed by atoms with E-state index < -0.39 is 0 Å². The maximum atomic E-state index is 5.71. The van der Waals surface area contributed by atoms with E-state index in [1.807, 2.05) is 6.92 Å². The van der Waals surface area contributed by atoms with Crippen LogP contribution in [0.15, 0.2) is 0 Å². The van der Waals surface area contributed by atoms with E-state index in [-0.39, 0.29) is 11.3 Å². The van der Waals surface area contributed by atoms with Crippen LogP contribution in [0.4, 0.5) is 5.95 Å². The van der Waals surface area contributed by atoms with E-state index in [2.05, 4.69) is 40.9 Å². The Bertz CT molecular complexity index is 475. The highest BCUT2D eigenvalue weighted by Gasteiger charge is 2.06. The number of nitrogens with one attached hydrogen (secondary N) is 2. The van der Waals surface area contributed by atoms with Gasteiger partial charge in [-0.25, -0.2) is 0 Å². The standard InChI is InChI=1S/C7H9ClN8O/c1-2-17-7-11-5(8)10-6(12-7)9-3-4-13-15-16-14-4/h2-3H2,1H3,(H,9,10,11,12)(H,13,14,15,16). The van der Waals surface area contributed by atoms with E-state index in [0.29, 0.717) is 24.9 Å². The number of nitrogens with zero attached hydrogens (tertiary/aromatic N) is 6. The molecule has 0 unspecified atom stereocenters. The van der Waals surface area contributed by atoms with Crippen molar-refractivity contribution in [2.45, 2.75) is 13.5 Å². The molecule has 2 aromatic heterocycles. The van der Waals surface area contributed by atoms with Crippen LogP contribution in [-0.2, 0) is 6.54 Å². The van der Waals surface area contributed by atoms with Crippen molar-refractivity contribution in [2.24, 2.45) is 0 Å². The topological polar surface area (TPSA) is 114 Å². The zero-order valence-corrected chi connectivity index (χ0v) is 9.64. The van der Waals surface area contributed by atoms with E-state index in [0.717, 1.165) is 0 Å². The second-order valence-electron chi connectivity index (χ2n) is 2.83. The Balaban J connectivity index is 2.04. The summed E-state index contributed by atoms with van der Waals surface area (Å²) in [6.07, 6.45) is 0. The first-order valence-electron chi connectivity index (χ1n) is 4.78. The third kappa shape index (κ3) is 3.21. The molecule has 0 fully saturated rings. The smallest absolute Gasteiger partial charge is 0.322 e. The van der Waals surface area contributed by atoms with Crippen LogP contribution in [-0.4, -0.2) is 42.2 Å². The highest BCUT2D eigenvalue weighted by Crippen LogP contribution is 2.11. The molecular formula is C7H9ClN8O. The van der Waals surface area contributed by atoms with Crippen LogP contribution in [0.3, 0.4) is 0 Å². The van der Waals surface area contributed by atoms with Gasteiger partial charge >= 0.3 is 6.01 Å². The first kappa shape index (κ1) is 11.5. The van der Waals surface area contributed by atoms with Crippen molar-refractivity contribution in [2.75, 3.05) is 11.9 Å². The fourth-order valence-electron chi connectivity index (χ4n) is 1.02. The Morgan fingerprint density at radius 2 is 2.24 bits per heavy atom. The second kappa shape index (κ2) is 5.34. The second-order valence-corrected chi connectivity index (χ2v) is 3.16. The van der Waals surface area contributed by atoms with E-state index >= 15 is 0 Å². The molecule has 0 aromatic carbocycles. The Kier molecular flexibility index (Phi) is 3.60. The Hall–Kier alpha value is -2.03. The van der Waals surface area contributed by atoms with Crippen LogP contribution in [0, 0.1) is 0 Å². The zero-order valence-electron chi connectivity index (χ0n) is 8.88. The number of aromatic nitrogens is 7. The van der Waals surface area contributed by atoms with Crippen molar-refractivity contribution in [1.82, 2.24) is 35.6 Å². The van der Waals surface area contributed by atoms with Gasteiger partial charge in [0, 0.05) is 0 Å².